The molecule has 0 spiro atoms. The van der Waals surface area contributed by atoms with E-state index in [1.54, 1.807) is 13.0 Å². The number of nitrogens with zero attached hydrogens (tertiary/aromatic N) is 1. The summed E-state index contributed by atoms with van der Waals surface area (Å²) in [4.78, 5) is 0. The minimum atomic E-state index is -4.24. The Bertz CT molecular complexity index is 656. The molecule has 0 saturated heterocycles. The molecule has 7 heteroatoms. The van der Waals surface area contributed by atoms with E-state index in [1.165, 1.54) is 7.05 Å². The van der Waals surface area contributed by atoms with Gasteiger partial charge in [0.15, 0.2) is 0 Å². The van der Waals surface area contributed by atoms with Crippen LogP contribution in [-0.2, 0) is 20.5 Å². The maximum atomic E-state index is 11.3. The van der Waals surface area contributed by atoms with Crippen molar-refractivity contribution in [1.82, 2.24) is 4.31 Å². The van der Waals surface area contributed by atoms with Gasteiger partial charge >= 0.3 is 10.3 Å². The molecule has 0 aliphatic carbocycles. The van der Waals surface area contributed by atoms with Crippen molar-refractivity contribution in [3.63, 3.8) is 0 Å². The van der Waals surface area contributed by atoms with E-state index in [1.807, 2.05) is 32.9 Å². The highest BCUT2D eigenvalue weighted by atomic mass is 32.2. The van der Waals surface area contributed by atoms with Crippen molar-refractivity contribution >= 4 is 10.3 Å². The number of ether oxygens (including phenoxy) is 2. The molecule has 1 aromatic carbocycles. The Labute approximate surface area is 131 Å². The predicted molar refractivity (Wildman–Crippen MR) is 83.2 cm³/mol. The predicted octanol–water partition coefficient (Wildman–Crippen LogP) is 2.51. The Hall–Kier alpha value is -1.15. The SMILES string of the molecule is CCOC1Oc2ccc(C(C)N(C)S(=O)(=O)O)cc2C1(C)C. The van der Waals surface area contributed by atoms with Crippen LogP contribution in [0.3, 0.4) is 0 Å². The number of hydrogen-bond acceptors (Lipinski definition) is 4. The molecule has 6 nitrogen and oxygen atoms in total. The summed E-state index contributed by atoms with van der Waals surface area (Å²) in [6.07, 6.45) is -0.364. The number of benzene rings is 1. The zero-order valence-corrected chi connectivity index (χ0v) is 14.3. The third kappa shape index (κ3) is 2.99. The summed E-state index contributed by atoms with van der Waals surface area (Å²) < 4.78 is 44.1. The molecule has 0 aromatic heterocycles. The van der Waals surface area contributed by atoms with Gasteiger partial charge in [-0.1, -0.05) is 6.07 Å². The Morgan fingerprint density at radius 1 is 1.45 bits per heavy atom. The third-order valence-electron chi connectivity index (χ3n) is 4.23. The lowest BCUT2D eigenvalue weighted by molar-refractivity contribution is -0.0981. The summed E-state index contributed by atoms with van der Waals surface area (Å²) in [5.41, 5.74) is 1.42. The molecule has 2 atom stereocenters. The molecule has 0 fully saturated rings. The second-order valence-electron chi connectivity index (χ2n) is 6.05. The topological polar surface area (TPSA) is 76.1 Å². The third-order valence-corrected chi connectivity index (χ3v) is 5.27. The van der Waals surface area contributed by atoms with Gasteiger partial charge in [-0.3, -0.25) is 4.55 Å². The van der Waals surface area contributed by atoms with Crippen molar-refractivity contribution < 1.29 is 22.4 Å². The smallest absolute Gasteiger partial charge is 0.336 e. The van der Waals surface area contributed by atoms with Crippen LogP contribution in [0.4, 0.5) is 0 Å². The van der Waals surface area contributed by atoms with Crippen LogP contribution < -0.4 is 4.74 Å². The van der Waals surface area contributed by atoms with Crippen LogP contribution in [-0.4, -0.2) is 37.2 Å². The van der Waals surface area contributed by atoms with Crippen molar-refractivity contribution in [2.24, 2.45) is 0 Å². The van der Waals surface area contributed by atoms with Gasteiger partial charge in [-0.2, -0.15) is 12.7 Å². The molecular formula is C15H23NO5S. The van der Waals surface area contributed by atoms with E-state index in [-0.39, 0.29) is 11.7 Å². The average molecular weight is 329 g/mol. The Morgan fingerprint density at radius 2 is 2.09 bits per heavy atom. The van der Waals surface area contributed by atoms with Gasteiger partial charge in [0, 0.05) is 25.3 Å². The van der Waals surface area contributed by atoms with Crippen LogP contribution >= 0.6 is 0 Å². The number of hydrogen-bond donors (Lipinski definition) is 1. The monoisotopic (exact) mass is 329 g/mol. The molecule has 1 N–H and O–H groups in total. The molecule has 1 heterocycles. The van der Waals surface area contributed by atoms with E-state index in [2.05, 4.69) is 0 Å². The lowest BCUT2D eigenvalue weighted by Crippen LogP contribution is -2.34. The molecular weight excluding hydrogens is 306 g/mol. The van der Waals surface area contributed by atoms with E-state index in [4.69, 9.17) is 9.47 Å². The minimum Gasteiger partial charge on any atom is -0.464 e. The minimum absolute atomic E-state index is 0.336. The number of rotatable bonds is 5. The molecule has 2 unspecified atom stereocenters. The van der Waals surface area contributed by atoms with Crippen LogP contribution in [0.25, 0.3) is 0 Å². The van der Waals surface area contributed by atoms with Crippen LogP contribution in [0.1, 0.15) is 44.9 Å². The summed E-state index contributed by atoms with van der Waals surface area (Å²) in [6.45, 7) is 8.24. The second kappa shape index (κ2) is 5.81. The van der Waals surface area contributed by atoms with Gasteiger partial charge in [-0.05, 0) is 45.4 Å². The van der Waals surface area contributed by atoms with Gasteiger partial charge in [0.1, 0.15) is 5.75 Å². The zero-order valence-electron chi connectivity index (χ0n) is 13.5. The molecule has 1 aliphatic rings. The first kappa shape index (κ1) is 17.2. The molecule has 0 saturated carbocycles. The highest BCUT2D eigenvalue weighted by Crippen LogP contribution is 2.44. The summed E-state index contributed by atoms with van der Waals surface area (Å²) in [5, 5.41) is 0. The van der Waals surface area contributed by atoms with Crippen LogP contribution in [0.2, 0.25) is 0 Å². The lowest BCUT2D eigenvalue weighted by atomic mass is 9.84. The van der Waals surface area contributed by atoms with E-state index in [9.17, 15) is 13.0 Å². The molecule has 0 amide bonds. The standard InChI is InChI=1S/C15H23NO5S/c1-6-20-14-15(3,4)12-9-11(7-8-13(12)21-14)10(2)16(5)22(17,18)19/h7-10,14H,6H2,1-5H3,(H,17,18,19). The first-order valence-electron chi connectivity index (χ1n) is 7.22. The normalized spacial score (nSPS) is 21.5. The van der Waals surface area contributed by atoms with Crippen molar-refractivity contribution in [3.8, 4) is 5.75 Å². The van der Waals surface area contributed by atoms with Gasteiger partial charge in [0.05, 0.1) is 5.41 Å². The fourth-order valence-corrected chi connectivity index (χ4v) is 3.13. The summed E-state index contributed by atoms with van der Waals surface area (Å²) in [7, 11) is -2.89. The fraction of sp³-hybridized carbons (Fsp3) is 0.600. The van der Waals surface area contributed by atoms with Crippen LogP contribution in [0, 0.1) is 0 Å². The highest BCUT2D eigenvalue weighted by Gasteiger charge is 2.42. The maximum Gasteiger partial charge on any atom is 0.336 e. The van der Waals surface area contributed by atoms with Crippen LogP contribution in [0.15, 0.2) is 18.2 Å². The zero-order chi connectivity index (χ0) is 16.7. The van der Waals surface area contributed by atoms with Gasteiger partial charge in [0.2, 0.25) is 6.29 Å². The maximum absolute atomic E-state index is 11.3. The number of fused-ring (bicyclic) bond motifs is 1. The molecule has 0 bridgehead atoms. The van der Waals surface area contributed by atoms with E-state index < -0.39 is 16.3 Å². The van der Waals surface area contributed by atoms with Crippen LogP contribution in [0.5, 0.6) is 5.75 Å². The lowest BCUT2D eigenvalue weighted by Gasteiger charge is -2.26. The molecule has 22 heavy (non-hydrogen) atoms. The van der Waals surface area contributed by atoms with Crippen molar-refractivity contribution in [1.29, 1.82) is 0 Å². The van der Waals surface area contributed by atoms with Crippen molar-refractivity contribution in [2.75, 3.05) is 13.7 Å². The fourth-order valence-electron chi connectivity index (χ4n) is 2.61. The Balaban J connectivity index is 2.37. The van der Waals surface area contributed by atoms with Crippen molar-refractivity contribution in [3.05, 3.63) is 29.3 Å². The molecule has 0 radical (unpaired) electrons. The van der Waals surface area contributed by atoms with Gasteiger partial charge in [0.25, 0.3) is 0 Å². The summed E-state index contributed by atoms with van der Waals surface area (Å²) in [6, 6.07) is 5.05. The van der Waals surface area contributed by atoms with Gasteiger partial charge < -0.3 is 9.47 Å². The van der Waals surface area contributed by atoms with E-state index in [0.717, 1.165) is 21.2 Å². The van der Waals surface area contributed by atoms with E-state index >= 15 is 0 Å². The largest absolute Gasteiger partial charge is 0.464 e. The summed E-state index contributed by atoms with van der Waals surface area (Å²) >= 11 is 0. The molecule has 1 aromatic rings. The van der Waals surface area contributed by atoms with E-state index in [0.29, 0.717) is 6.61 Å². The first-order valence-corrected chi connectivity index (χ1v) is 8.61. The molecule has 124 valence electrons. The van der Waals surface area contributed by atoms with Gasteiger partial charge in [-0.15, -0.1) is 0 Å². The van der Waals surface area contributed by atoms with Crippen molar-refractivity contribution in [2.45, 2.75) is 45.4 Å². The van der Waals surface area contributed by atoms with Gasteiger partial charge in [-0.25, -0.2) is 0 Å². The second-order valence-corrected chi connectivity index (χ2v) is 7.52. The summed E-state index contributed by atoms with van der Waals surface area (Å²) in [5.74, 6) is 0.744. The highest BCUT2D eigenvalue weighted by molar-refractivity contribution is 7.83. The Kier molecular flexibility index (Phi) is 4.54. The average Bonchev–Trinajstić information content (AvgIpc) is 2.68. The quantitative estimate of drug-likeness (QED) is 0.840. The Morgan fingerprint density at radius 3 is 2.64 bits per heavy atom. The molecule has 1 aliphatic heterocycles. The molecule has 2 rings (SSSR count). The first-order chi connectivity index (χ1) is 10.1.